The fraction of sp³-hybridized carbons (Fsp3) is 0.727. The first kappa shape index (κ1) is 10.6. The molecule has 2 heterocycles. The van der Waals surface area contributed by atoms with Crippen LogP contribution in [0.1, 0.15) is 6.92 Å². The lowest BCUT2D eigenvalue weighted by Crippen LogP contribution is -2.64. The Morgan fingerprint density at radius 3 is 2.80 bits per heavy atom. The van der Waals surface area contributed by atoms with E-state index in [0.29, 0.717) is 12.1 Å². The summed E-state index contributed by atoms with van der Waals surface area (Å²) in [6.07, 6.45) is 1.40. The summed E-state index contributed by atoms with van der Waals surface area (Å²) in [4.78, 5) is 15.6. The van der Waals surface area contributed by atoms with Crippen LogP contribution < -0.4 is 5.32 Å². The van der Waals surface area contributed by atoms with Crippen LogP contribution in [0.3, 0.4) is 0 Å². The van der Waals surface area contributed by atoms with Gasteiger partial charge in [-0.25, -0.2) is 0 Å². The summed E-state index contributed by atoms with van der Waals surface area (Å²) in [6.45, 7) is 10.7. The van der Waals surface area contributed by atoms with Gasteiger partial charge in [-0.1, -0.05) is 6.58 Å². The van der Waals surface area contributed by atoms with E-state index in [1.807, 2.05) is 4.90 Å². The van der Waals surface area contributed by atoms with E-state index >= 15 is 0 Å². The van der Waals surface area contributed by atoms with Crippen molar-refractivity contribution in [1.82, 2.24) is 15.1 Å². The molecule has 2 rings (SSSR count). The summed E-state index contributed by atoms with van der Waals surface area (Å²) in [6, 6.07) is 1.14. The van der Waals surface area contributed by atoms with Crippen LogP contribution in [0.25, 0.3) is 0 Å². The van der Waals surface area contributed by atoms with Gasteiger partial charge in [0.05, 0.1) is 0 Å². The quantitative estimate of drug-likeness (QED) is 0.633. The van der Waals surface area contributed by atoms with Crippen LogP contribution in [0, 0.1) is 0 Å². The molecule has 2 saturated heterocycles. The second kappa shape index (κ2) is 4.33. The van der Waals surface area contributed by atoms with E-state index in [1.54, 1.807) is 0 Å². The number of hydrogen-bond donors (Lipinski definition) is 1. The number of carbonyl (C=O) groups is 1. The lowest BCUT2D eigenvalue weighted by atomic mass is 10.0. The van der Waals surface area contributed by atoms with Crippen LogP contribution in [0.4, 0.5) is 0 Å². The molecule has 0 aliphatic carbocycles. The first-order chi connectivity index (χ1) is 7.20. The second-order valence-corrected chi connectivity index (χ2v) is 4.45. The minimum absolute atomic E-state index is 0.0643. The highest BCUT2D eigenvalue weighted by Gasteiger charge is 2.34. The van der Waals surface area contributed by atoms with Crippen molar-refractivity contribution in [1.29, 1.82) is 0 Å². The first-order valence-corrected chi connectivity index (χ1v) is 5.59. The Morgan fingerprint density at radius 2 is 2.20 bits per heavy atom. The van der Waals surface area contributed by atoms with Crippen molar-refractivity contribution in [2.24, 2.45) is 0 Å². The highest BCUT2D eigenvalue weighted by Crippen LogP contribution is 2.16. The topological polar surface area (TPSA) is 35.6 Å². The fourth-order valence-corrected chi connectivity index (χ4v) is 2.29. The van der Waals surface area contributed by atoms with Crippen molar-refractivity contribution in [2.75, 3.05) is 32.7 Å². The minimum Gasteiger partial charge on any atom is -0.336 e. The third-order valence-electron chi connectivity index (χ3n) is 3.27. The van der Waals surface area contributed by atoms with Gasteiger partial charge in [-0.3, -0.25) is 9.69 Å². The first-order valence-electron chi connectivity index (χ1n) is 5.59. The molecule has 2 aliphatic heterocycles. The molecule has 4 heteroatoms. The summed E-state index contributed by atoms with van der Waals surface area (Å²) in [7, 11) is 0. The van der Waals surface area contributed by atoms with E-state index in [0.717, 1.165) is 32.7 Å². The maximum Gasteiger partial charge on any atom is 0.246 e. The third-order valence-corrected chi connectivity index (χ3v) is 3.27. The summed E-state index contributed by atoms with van der Waals surface area (Å²) in [5.41, 5.74) is 0. The average molecular weight is 209 g/mol. The van der Waals surface area contributed by atoms with Crippen LogP contribution in [0.15, 0.2) is 12.7 Å². The molecule has 84 valence electrons. The lowest BCUT2D eigenvalue weighted by molar-refractivity contribution is -0.133. The van der Waals surface area contributed by atoms with Gasteiger partial charge < -0.3 is 10.2 Å². The van der Waals surface area contributed by atoms with Crippen LogP contribution in [0.2, 0.25) is 0 Å². The van der Waals surface area contributed by atoms with Gasteiger partial charge in [0, 0.05) is 44.8 Å². The molecule has 0 bridgehead atoms. The lowest BCUT2D eigenvalue weighted by Gasteiger charge is -2.47. The molecular weight excluding hydrogens is 190 g/mol. The number of carbonyl (C=O) groups excluding carboxylic acids is 1. The summed E-state index contributed by atoms with van der Waals surface area (Å²) >= 11 is 0. The number of nitrogens with one attached hydrogen (secondary N) is 1. The molecule has 2 aliphatic rings. The Hall–Kier alpha value is -0.870. The SMILES string of the molecule is C=CC(=O)N1CC(N2CCN[C@H](C)C2)C1. The van der Waals surface area contributed by atoms with Crippen molar-refractivity contribution < 1.29 is 4.79 Å². The summed E-state index contributed by atoms with van der Waals surface area (Å²) < 4.78 is 0. The Morgan fingerprint density at radius 1 is 1.47 bits per heavy atom. The Kier molecular flexibility index (Phi) is 3.07. The van der Waals surface area contributed by atoms with Gasteiger partial charge in [0.1, 0.15) is 0 Å². The van der Waals surface area contributed by atoms with Crippen molar-refractivity contribution >= 4 is 5.91 Å². The largest absolute Gasteiger partial charge is 0.336 e. The molecule has 0 aromatic rings. The van der Waals surface area contributed by atoms with E-state index in [4.69, 9.17) is 0 Å². The van der Waals surface area contributed by atoms with Gasteiger partial charge in [0.15, 0.2) is 0 Å². The minimum atomic E-state index is 0.0643. The Labute approximate surface area is 90.9 Å². The van der Waals surface area contributed by atoms with Crippen molar-refractivity contribution in [2.45, 2.75) is 19.0 Å². The molecule has 2 fully saturated rings. The van der Waals surface area contributed by atoms with Gasteiger partial charge in [0.25, 0.3) is 0 Å². The number of hydrogen-bond acceptors (Lipinski definition) is 3. The Balaban J connectivity index is 1.78. The van der Waals surface area contributed by atoms with Crippen LogP contribution in [-0.2, 0) is 4.79 Å². The zero-order valence-corrected chi connectivity index (χ0v) is 9.28. The molecule has 1 N–H and O–H groups in total. The summed E-state index contributed by atoms with van der Waals surface area (Å²) in [5.74, 6) is 0.0643. The molecule has 1 atom stereocenters. The molecule has 0 aromatic carbocycles. The molecule has 0 radical (unpaired) electrons. The van der Waals surface area contributed by atoms with E-state index in [9.17, 15) is 4.79 Å². The molecule has 0 aromatic heterocycles. The zero-order chi connectivity index (χ0) is 10.8. The fourth-order valence-electron chi connectivity index (χ4n) is 2.29. The molecule has 4 nitrogen and oxygen atoms in total. The number of piperazine rings is 1. The normalized spacial score (nSPS) is 28.6. The van der Waals surface area contributed by atoms with Gasteiger partial charge >= 0.3 is 0 Å². The van der Waals surface area contributed by atoms with E-state index < -0.39 is 0 Å². The number of rotatable bonds is 2. The van der Waals surface area contributed by atoms with Gasteiger partial charge in [0.2, 0.25) is 5.91 Å². The molecule has 1 amide bonds. The molecule has 0 spiro atoms. The second-order valence-electron chi connectivity index (χ2n) is 4.45. The van der Waals surface area contributed by atoms with Gasteiger partial charge in [-0.2, -0.15) is 0 Å². The van der Waals surface area contributed by atoms with Crippen LogP contribution in [-0.4, -0.2) is 60.5 Å². The molecule has 0 unspecified atom stereocenters. The molecule has 0 saturated carbocycles. The molecular formula is C11H19N3O. The van der Waals surface area contributed by atoms with Gasteiger partial charge in [-0.15, -0.1) is 0 Å². The van der Waals surface area contributed by atoms with Crippen LogP contribution in [0.5, 0.6) is 0 Å². The highest BCUT2D eigenvalue weighted by molar-refractivity contribution is 5.87. The van der Waals surface area contributed by atoms with Crippen LogP contribution >= 0.6 is 0 Å². The predicted octanol–water partition coefficient (Wildman–Crippen LogP) is -0.323. The average Bonchev–Trinajstić information content (AvgIpc) is 2.15. The number of likely N-dealkylation sites (tertiary alicyclic amines) is 1. The maximum absolute atomic E-state index is 11.3. The van der Waals surface area contributed by atoms with E-state index in [1.165, 1.54) is 6.08 Å². The number of amides is 1. The summed E-state index contributed by atoms with van der Waals surface area (Å²) in [5, 5.41) is 3.42. The highest BCUT2D eigenvalue weighted by atomic mass is 16.2. The van der Waals surface area contributed by atoms with Crippen molar-refractivity contribution in [3.05, 3.63) is 12.7 Å². The third kappa shape index (κ3) is 2.21. The maximum atomic E-state index is 11.3. The van der Waals surface area contributed by atoms with Gasteiger partial charge in [-0.05, 0) is 13.0 Å². The Bertz CT molecular complexity index is 261. The van der Waals surface area contributed by atoms with E-state index in [-0.39, 0.29) is 5.91 Å². The predicted molar refractivity (Wildman–Crippen MR) is 59.6 cm³/mol. The standard InChI is InChI=1S/C11H19N3O/c1-3-11(15)14-7-10(8-14)13-5-4-12-9(2)6-13/h3,9-10,12H,1,4-8H2,2H3/t9-/m1/s1. The smallest absolute Gasteiger partial charge is 0.246 e. The van der Waals surface area contributed by atoms with Crippen molar-refractivity contribution in [3.63, 3.8) is 0 Å². The zero-order valence-electron chi connectivity index (χ0n) is 9.28. The van der Waals surface area contributed by atoms with E-state index in [2.05, 4.69) is 23.7 Å². The monoisotopic (exact) mass is 209 g/mol. The molecule has 15 heavy (non-hydrogen) atoms. The number of nitrogens with zero attached hydrogens (tertiary/aromatic N) is 2. The van der Waals surface area contributed by atoms with Crippen molar-refractivity contribution in [3.8, 4) is 0 Å².